The Morgan fingerprint density at radius 2 is 1.73 bits per heavy atom. The fourth-order valence-electron chi connectivity index (χ4n) is 3.21. The molecule has 3 aromatic rings. The molecule has 7 nitrogen and oxygen atoms in total. The first-order valence-electron chi connectivity index (χ1n) is 9.22. The molecule has 1 heterocycles. The van der Waals surface area contributed by atoms with Crippen LogP contribution < -0.4 is 15.2 Å². The molecular weight excluding hydrogens is 384 g/mol. The van der Waals surface area contributed by atoms with Gasteiger partial charge in [-0.3, -0.25) is 15.0 Å². The lowest BCUT2D eigenvalue weighted by atomic mass is 10.0. The van der Waals surface area contributed by atoms with Crippen molar-refractivity contribution in [3.63, 3.8) is 0 Å². The summed E-state index contributed by atoms with van der Waals surface area (Å²) in [5.74, 6) is -1.16. The average Bonchev–Trinajstić information content (AvgIpc) is 3.07. The maximum Gasteiger partial charge on any atom is 0.343 e. The summed E-state index contributed by atoms with van der Waals surface area (Å²) >= 11 is 0. The molecule has 0 bridgehead atoms. The van der Waals surface area contributed by atoms with Crippen LogP contribution in [0, 0.1) is 0 Å². The molecule has 1 N–H and O–H groups in total. The van der Waals surface area contributed by atoms with Gasteiger partial charge in [0.25, 0.3) is 11.8 Å². The third-order valence-corrected chi connectivity index (χ3v) is 4.70. The Morgan fingerprint density at radius 3 is 2.50 bits per heavy atom. The van der Waals surface area contributed by atoms with E-state index in [2.05, 4.69) is 10.2 Å². The van der Waals surface area contributed by atoms with Crippen LogP contribution in [0.25, 0.3) is 16.8 Å². The van der Waals surface area contributed by atoms with E-state index in [4.69, 9.17) is 4.74 Å². The molecule has 150 valence electrons. The maximum absolute atomic E-state index is 12.9. The fourth-order valence-corrected chi connectivity index (χ4v) is 3.21. The molecule has 1 aliphatic heterocycles. The number of methoxy groups -OCH3 is 1. The molecule has 3 aromatic carbocycles. The van der Waals surface area contributed by atoms with E-state index in [0.29, 0.717) is 17.0 Å². The lowest BCUT2D eigenvalue weighted by molar-refractivity contribution is -0.142. The number of hydrogen-bond acceptors (Lipinski definition) is 5. The molecule has 0 spiro atoms. The number of benzene rings is 3. The minimum absolute atomic E-state index is 0.0295. The number of carbonyl (C=O) groups excluding carboxylic acids is 3. The van der Waals surface area contributed by atoms with Gasteiger partial charge in [0, 0.05) is 5.56 Å². The first-order chi connectivity index (χ1) is 14.6. The van der Waals surface area contributed by atoms with Gasteiger partial charge in [-0.15, -0.1) is 0 Å². The van der Waals surface area contributed by atoms with Gasteiger partial charge in [-0.05, 0) is 35.0 Å². The van der Waals surface area contributed by atoms with Crippen LogP contribution >= 0.6 is 0 Å². The van der Waals surface area contributed by atoms with E-state index >= 15 is 0 Å². The molecule has 0 aliphatic carbocycles. The number of hydrogen-bond donors (Lipinski definition) is 1. The lowest BCUT2D eigenvalue weighted by Gasteiger charge is -2.14. The van der Waals surface area contributed by atoms with Crippen LogP contribution in [0.5, 0.6) is 5.75 Å². The standard InChI is InChI=1S/C23H18N2O5/c1-29-21(26)14-30-20-12-11-15-7-5-6-10-17(15)18(20)13-19-22(27)24-25(23(19)28)16-8-3-2-4-9-16/h2-13H,14H2,1H3,(H,24,27). The molecule has 0 saturated carbocycles. The molecule has 1 saturated heterocycles. The second kappa shape index (κ2) is 8.08. The Kier molecular flexibility index (Phi) is 5.17. The third-order valence-electron chi connectivity index (χ3n) is 4.70. The van der Waals surface area contributed by atoms with E-state index in [1.807, 2.05) is 36.4 Å². The second-order valence-electron chi connectivity index (χ2n) is 6.54. The van der Waals surface area contributed by atoms with Crippen molar-refractivity contribution in [2.24, 2.45) is 0 Å². The van der Waals surface area contributed by atoms with Gasteiger partial charge in [0.15, 0.2) is 6.61 Å². The SMILES string of the molecule is COC(=O)COc1ccc2ccccc2c1C=C1C(=O)NN(c2ccccc2)C1=O. The van der Waals surface area contributed by atoms with Gasteiger partial charge >= 0.3 is 5.97 Å². The highest BCUT2D eigenvalue weighted by Crippen LogP contribution is 2.32. The van der Waals surface area contributed by atoms with Crippen LogP contribution in [0.1, 0.15) is 5.56 Å². The summed E-state index contributed by atoms with van der Waals surface area (Å²) in [6.45, 7) is -0.290. The van der Waals surface area contributed by atoms with Crippen LogP contribution in [0.15, 0.2) is 72.3 Å². The third kappa shape index (κ3) is 3.60. The van der Waals surface area contributed by atoms with Crippen molar-refractivity contribution in [1.29, 1.82) is 0 Å². The summed E-state index contributed by atoms with van der Waals surface area (Å²) in [5, 5.41) is 2.89. The topological polar surface area (TPSA) is 84.9 Å². The predicted molar refractivity (Wildman–Crippen MR) is 112 cm³/mol. The summed E-state index contributed by atoms with van der Waals surface area (Å²) in [7, 11) is 1.27. The number of para-hydroxylation sites is 1. The van der Waals surface area contributed by atoms with E-state index in [1.54, 1.807) is 30.3 Å². The Morgan fingerprint density at radius 1 is 1.00 bits per heavy atom. The largest absolute Gasteiger partial charge is 0.481 e. The van der Waals surface area contributed by atoms with Crippen molar-refractivity contribution in [3.05, 3.63) is 77.9 Å². The highest BCUT2D eigenvalue weighted by Gasteiger charge is 2.34. The number of esters is 1. The average molecular weight is 402 g/mol. The molecule has 2 amide bonds. The lowest BCUT2D eigenvalue weighted by Crippen LogP contribution is -2.35. The number of rotatable bonds is 5. The first kappa shape index (κ1) is 19.2. The molecule has 0 atom stereocenters. The van der Waals surface area contributed by atoms with E-state index in [1.165, 1.54) is 18.2 Å². The molecule has 1 fully saturated rings. The van der Waals surface area contributed by atoms with Crippen LogP contribution in [0.2, 0.25) is 0 Å². The quantitative estimate of drug-likeness (QED) is 0.403. The van der Waals surface area contributed by atoms with Crippen molar-refractivity contribution in [2.75, 3.05) is 18.7 Å². The fraction of sp³-hybridized carbons (Fsp3) is 0.0870. The van der Waals surface area contributed by atoms with Crippen LogP contribution in [0.3, 0.4) is 0 Å². The molecule has 0 radical (unpaired) electrons. The molecule has 4 rings (SSSR count). The number of anilines is 1. The smallest absolute Gasteiger partial charge is 0.343 e. The molecule has 0 unspecified atom stereocenters. The van der Waals surface area contributed by atoms with Crippen LogP contribution in [0.4, 0.5) is 5.69 Å². The number of nitrogens with zero attached hydrogens (tertiary/aromatic N) is 1. The van der Waals surface area contributed by atoms with Gasteiger partial charge in [0.05, 0.1) is 12.8 Å². The summed E-state index contributed by atoms with van der Waals surface area (Å²) in [6, 6.07) is 19.9. The van der Waals surface area contributed by atoms with Crippen molar-refractivity contribution >= 4 is 40.3 Å². The summed E-state index contributed by atoms with van der Waals surface area (Å²) in [5.41, 5.74) is 3.64. The van der Waals surface area contributed by atoms with Crippen LogP contribution in [-0.2, 0) is 19.1 Å². The van der Waals surface area contributed by atoms with Crippen molar-refractivity contribution in [1.82, 2.24) is 5.43 Å². The first-order valence-corrected chi connectivity index (χ1v) is 9.22. The van der Waals surface area contributed by atoms with Gasteiger partial charge in [-0.25, -0.2) is 9.80 Å². The van der Waals surface area contributed by atoms with E-state index < -0.39 is 17.8 Å². The van der Waals surface area contributed by atoms with Crippen molar-refractivity contribution in [2.45, 2.75) is 0 Å². The van der Waals surface area contributed by atoms with E-state index in [9.17, 15) is 14.4 Å². The van der Waals surface area contributed by atoms with Crippen LogP contribution in [-0.4, -0.2) is 31.5 Å². The second-order valence-corrected chi connectivity index (χ2v) is 6.54. The Bertz CT molecular complexity index is 1170. The normalized spacial score (nSPS) is 14.8. The van der Waals surface area contributed by atoms with Crippen molar-refractivity contribution < 1.29 is 23.9 Å². The van der Waals surface area contributed by atoms with E-state index in [0.717, 1.165) is 10.8 Å². The van der Waals surface area contributed by atoms with Crippen molar-refractivity contribution in [3.8, 4) is 5.75 Å². The van der Waals surface area contributed by atoms with E-state index in [-0.39, 0.29) is 12.2 Å². The number of ether oxygens (including phenoxy) is 2. The summed E-state index contributed by atoms with van der Waals surface area (Å²) < 4.78 is 10.2. The minimum Gasteiger partial charge on any atom is -0.481 e. The molecule has 30 heavy (non-hydrogen) atoms. The molecule has 0 aromatic heterocycles. The van der Waals surface area contributed by atoms with Gasteiger partial charge in [-0.1, -0.05) is 48.5 Å². The van der Waals surface area contributed by atoms with Gasteiger partial charge < -0.3 is 9.47 Å². The minimum atomic E-state index is -0.535. The maximum atomic E-state index is 12.9. The number of amides is 2. The van der Waals surface area contributed by atoms with Gasteiger partial charge in [0.1, 0.15) is 11.3 Å². The zero-order valence-electron chi connectivity index (χ0n) is 16.1. The highest BCUT2D eigenvalue weighted by molar-refractivity contribution is 6.32. The molecule has 1 aliphatic rings. The Balaban J connectivity index is 1.78. The zero-order valence-corrected chi connectivity index (χ0v) is 16.1. The number of nitrogens with one attached hydrogen (secondary N) is 1. The molecular formula is C23H18N2O5. The monoisotopic (exact) mass is 402 g/mol. The Labute approximate surface area is 172 Å². The number of carbonyl (C=O) groups is 3. The van der Waals surface area contributed by atoms with Gasteiger partial charge in [0.2, 0.25) is 0 Å². The summed E-state index contributed by atoms with van der Waals surface area (Å²) in [4.78, 5) is 37.0. The number of hydrazine groups is 1. The Hall–Kier alpha value is -4.13. The molecule has 7 heteroatoms. The predicted octanol–water partition coefficient (Wildman–Crippen LogP) is 2.85. The number of fused-ring (bicyclic) bond motifs is 1. The van der Waals surface area contributed by atoms with Gasteiger partial charge in [-0.2, -0.15) is 0 Å². The highest BCUT2D eigenvalue weighted by atomic mass is 16.6. The zero-order chi connectivity index (χ0) is 21.1. The summed E-state index contributed by atoms with van der Waals surface area (Å²) in [6.07, 6.45) is 1.50.